The van der Waals surface area contributed by atoms with E-state index in [2.05, 4.69) is 5.32 Å². The number of hydrogen-bond acceptors (Lipinski definition) is 4. The van der Waals surface area contributed by atoms with Crippen LogP contribution < -0.4 is 14.8 Å². The minimum atomic E-state index is -1.02. The molecule has 0 radical (unpaired) electrons. The maximum atomic E-state index is 13.4. The van der Waals surface area contributed by atoms with Crippen molar-refractivity contribution in [2.75, 3.05) is 19.8 Å². The molecule has 0 spiro atoms. The van der Waals surface area contributed by atoms with E-state index in [4.69, 9.17) is 32.7 Å². The molecule has 0 aliphatic heterocycles. The first-order valence-corrected chi connectivity index (χ1v) is 8.22. The van der Waals surface area contributed by atoms with Crippen molar-refractivity contribution >= 4 is 29.1 Å². The summed E-state index contributed by atoms with van der Waals surface area (Å²) < 4.78 is 36.4. The van der Waals surface area contributed by atoms with Crippen LogP contribution in [0.4, 0.5) is 8.78 Å². The predicted octanol–water partition coefficient (Wildman–Crippen LogP) is 3.21. The van der Waals surface area contributed by atoms with Gasteiger partial charge < -0.3 is 19.9 Å². The Labute approximate surface area is 158 Å². The molecule has 0 saturated carbocycles. The summed E-state index contributed by atoms with van der Waals surface area (Å²) >= 11 is 11.8. The van der Waals surface area contributed by atoms with Gasteiger partial charge in [0.05, 0.1) is 5.02 Å². The second kappa shape index (κ2) is 9.56. The van der Waals surface area contributed by atoms with Crippen LogP contribution in [0.15, 0.2) is 36.4 Å². The minimum absolute atomic E-state index is 0.119. The number of benzene rings is 2. The molecule has 2 aromatic rings. The van der Waals surface area contributed by atoms with Crippen molar-refractivity contribution in [3.8, 4) is 11.5 Å². The number of amides is 1. The molecule has 26 heavy (non-hydrogen) atoms. The van der Waals surface area contributed by atoms with E-state index in [-0.39, 0.29) is 23.9 Å². The third-order valence-electron chi connectivity index (χ3n) is 3.13. The van der Waals surface area contributed by atoms with Crippen LogP contribution in [0.3, 0.4) is 0 Å². The molecule has 2 aromatic carbocycles. The van der Waals surface area contributed by atoms with Gasteiger partial charge in [-0.15, -0.1) is 0 Å². The SMILES string of the molecule is O=C(COc1ccc(F)cc1F)NCC(O)COc1cccc(Cl)c1Cl. The topological polar surface area (TPSA) is 67.8 Å². The molecule has 9 heteroatoms. The Morgan fingerprint density at radius 2 is 1.92 bits per heavy atom. The number of rotatable bonds is 8. The van der Waals surface area contributed by atoms with Crippen molar-refractivity contribution in [1.82, 2.24) is 5.32 Å². The van der Waals surface area contributed by atoms with Crippen molar-refractivity contribution in [3.63, 3.8) is 0 Å². The Kier molecular flexibility index (Phi) is 7.44. The van der Waals surface area contributed by atoms with E-state index in [0.29, 0.717) is 16.8 Å². The van der Waals surface area contributed by atoms with Gasteiger partial charge in [-0.25, -0.2) is 8.78 Å². The molecule has 0 fully saturated rings. The van der Waals surface area contributed by atoms with Crippen LogP contribution in [0.1, 0.15) is 0 Å². The van der Waals surface area contributed by atoms with E-state index in [1.165, 1.54) is 0 Å². The molecular weight excluding hydrogens is 391 g/mol. The van der Waals surface area contributed by atoms with E-state index in [1.54, 1.807) is 18.2 Å². The van der Waals surface area contributed by atoms with Crippen molar-refractivity contribution in [2.24, 2.45) is 0 Å². The van der Waals surface area contributed by atoms with Gasteiger partial charge in [0.2, 0.25) is 0 Å². The third kappa shape index (κ3) is 6.01. The number of aliphatic hydroxyl groups is 1. The van der Waals surface area contributed by atoms with Crippen molar-refractivity contribution in [2.45, 2.75) is 6.10 Å². The first-order chi connectivity index (χ1) is 12.4. The van der Waals surface area contributed by atoms with Gasteiger partial charge in [0.1, 0.15) is 29.3 Å². The highest BCUT2D eigenvalue weighted by atomic mass is 35.5. The fraction of sp³-hybridized carbons (Fsp3) is 0.235. The molecule has 0 heterocycles. The van der Waals surface area contributed by atoms with Crippen LogP contribution in [0.25, 0.3) is 0 Å². The predicted molar refractivity (Wildman–Crippen MR) is 92.8 cm³/mol. The van der Waals surface area contributed by atoms with E-state index in [0.717, 1.165) is 12.1 Å². The summed E-state index contributed by atoms with van der Waals surface area (Å²) in [5, 5.41) is 12.8. The standard InChI is InChI=1S/C17H15Cl2F2NO4/c18-12-2-1-3-15(17(12)19)25-8-11(23)7-22-16(24)9-26-14-5-4-10(20)6-13(14)21/h1-6,11,23H,7-9H2,(H,22,24). The molecule has 0 bridgehead atoms. The lowest BCUT2D eigenvalue weighted by molar-refractivity contribution is -0.123. The highest BCUT2D eigenvalue weighted by molar-refractivity contribution is 6.42. The van der Waals surface area contributed by atoms with Crippen LogP contribution in [-0.4, -0.2) is 36.9 Å². The lowest BCUT2D eigenvalue weighted by Crippen LogP contribution is -2.37. The summed E-state index contributed by atoms with van der Waals surface area (Å²) in [5.74, 6) is -2.19. The number of carbonyl (C=O) groups is 1. The average molecular weight is 406 g/mol. The quantitative estimate of drug-likeness (QED) is 0.707. The molecule has 0 saturated heterocycles. The van der Waals surface area contributed by atoms with Crippen molar-refractivity contribution < 1.29 is 28.2 Å². The summed E-state index contributed by atoms with van der Waals surface area (Å²) in [6, 6.07) is 7.56. The normalized spacial score (nSPS) is 11.7. The minimum Gasteiger partial charge on any atom is -0.489 e. The maximum Gasteiger partial charge on any atom is 0.258 e. The summed E-state index contributed by atoms with van der Waals surface area (Å²) in [6.07, 6.45) is -1.02. The van der Waals surface area contributed by atoms with Crippen LogP contribution in [0.5, 0.6) is 11.5 Å². The molecule has 1 unspecified atom stereocenters. The van der Waals surface area contributed by atoms with Crippen LogP contribution in [0, 0.1) is 11.6 Å². The summed E-state index contributed by atoms with van der Waals surface area (Å²) in [4.78, 5) is 11.6. The lowest BCUT2D eigenvalue weighted by Gasteiger charge is -2.14. The van der Waals surface area contributed by atoms with Gasteiger partial charge in [0, 0.05) is 12.6 Å². The Hall–Kier alpha value is -2.09. The van der Waals surface area contributed by atoms with Crippen LogP contribution in [-0.2, 0) is 4.79 Å². The molecule has 5 nitrogen and oxygen atoms in total. The zero-order valence-corrected chi connectivity index (χ0v) is 14.9. The zero-order valence-electron chi connectivity index (χ0n) is 13.3. The number of hydrogen-bond donors (Lipinski definition) is 2. The summed E-state index contributed by atoms with van der Waals surface area (Å²) in [7, 11) is 0. The fourth-order valence-corrected chi connectivity index (χ4v) is 2.21. The van der Waals surface area contributed by atoms with Gasteiger partial charge in [-0.2, -0.15) is 0 Å². The molecular formula is C17H15Cl2F2NO4. The monoisotopic (exact) mass is 405 g/mol. The molecule has 2 N–H and O–H groups in total. The number of halogens is 4. The molecule has 1 atom stereocenters. The Morgan fingerprint density at radius 1 is 1.15 bits per heavy atom. The molecule has 140 valence electrons. The second-order valence-electron chi connectivity index (χ2n) is 5.18. The Morgan fingerprint density at radius 3 is 2.65 bits per heavy atom. The van der Waals surface area contributed by atoms with Crippen LogP contribution in [0.2, 0.25) is 10.0 Å². The number of aliphatic hydroxyl groups excluding tert-OH is 1. The zero-order chi connectivity index (χ0) is 19.1. The van der Waals surface area contributed by atoms with E-state index in [9.17, 15) is 18.7 Å². The molecule has 1 amide bonds. The Balaban J connectivity index is 1.72. The van der Waals surface area contributed by atoms with Gasteiger partial charge in [-0.05, 0) is 24.3 Å². The van der Waals surface area contributed by atoms with Gasteiger partial charge in [-0.3, -0.25) is 4.79 Å². The van der Waals surface area contributed by atoms with E-state index in [1.807, 2.05) is 0 Å². The van der Waals surface area contributed by atoms with Gasteiger partial charge >= 0.3 is 0 Å². The highest BCUT2D eigenvalue weighted by Gasteiger charge is 2.12. The number of nitrogens with one attached hydrogen (secondary N) is 1. The van der Waals surface area contributed by atoms with E-state index >= 15 is 0 Å². The number of ether oxygens (including phenoxy) is 2. The van der Waals surface area contributed by atoms with E-state index < -0.39 is 30.3 Å². The highest BCUT2D eigenvalue weighted by Crippen LogP contribution is 2.31. The molecule has 0 aliphatic carbocycles. The largest absolute Gasteiger partial charge is 0.489 e. The van der Waals surface area contributed by atoms with Gasteiger partial charge in [0.25, 0.3) is 5.91 Å². The lowest BCUT2D eigenvalue weighted by atomic mass is 10.3. The molecule has 2 rings (SSSR count). The summed E-state index contributed by atoms with van der Waals surface area (Å²) in [6.45, 7) is -0.740. The van der Waals surface area contributed by atoms with Crippen molar-refractivity contribution in [1.29, 1.82) is 0 Å². The second-order valence-corrected chi connectivity index (χ2v) is 5.97. The van der Waals surface area contributed by atoms with Crippen LogP contribution >= 0.6 is 23.2 Å². The van der Waals surface area contributed by atoms with Gasteiger partial charge in [-0.1, -0.05) is 29.3 Å². The molecule has 0 aromatic heterocycles. The first kappa shape index (κ1) is 20.2. The average Bonchev–Trinajstić information content (AvgIpc) is 2.60. The Bertz CT molecular complexity index is 776. The smallest absolute Gasteiger partial charge is 0.258 e. The maximum absolute atomic E-state index is 13.4. The molecule has 0 aliphatic rings. The summed E-state index contributed by atoms with van der Waals surface area (Å²) in [5.41, 5.74) is 0. The number of carbonyl (C=O) groups excluding carboxylic acids is 1. The third-order valence-corrected chi connectivity index (χ3v) is 3.94. The fourth-order valence-electron chi connectivity index (χ4n) is 1.86. The van der Waals surface area contributed by atoms with Crippen molar-refractivity contribution in [3.05, 3.63) is 58.1 Å². The van der Waals surface area contributed by atoms with Gasteiger partial charge in [0.15, 0.2) is 18.2 Å². The first-order valence-electron chi connectivity index (χ1n) is 7.46.